The molecule has 2 aromatic carbocycles. The summed E-state index contributed by atoms with van der Waals surface area (Å²) < 4.78 is 4.97. The number of amides is 1. The summed E-state index contributed by atoms with van der Waals surface area (Å²) in [7, 11) is 0. The van der Waals surface area contributed by atoms with E-state index in [1.807, 2.05) is 30.3 Å². The molecule has 2 aromatic rings. The number of hydrogen-bond acceptors (Lipinski definition) is 4. The van der Waals surface area contributed by atoms with Crippen molar-refractivity contribution < 1.29 is 14.3 Å². The monoisotopic (exact) mass is 301 g/mol. The molecule has 0 aromatic heterocycles. The molecule has 1 amide bonds. The molecule has 4 nitrogen and oxygen atoms in total. The molecule has 0 saturated carbocycles. The van der Waals surface area contributed by atoms with Gasteiger partial charge in [-0.15, -0.1) is 11.8 Å². The second-order valence-electron chi connectivity index (χ2n) is 4.27. The van der Waals surface area contributed by atoms with E-state index in [0.717, 1.165) is 4.90 Å². The molecule has 0 aliphatic carbocycles. The molecule has 1 N–H and O–H groups in total. The van der Waals surface area contributed by atoms with Gasteiger partial charge in [-0.25, -0.2) is 0 Å². The number of nitrogens with one attached hydrogen (secondary N) is 1. The maximum Gasteiger partial charge on any atom is 0.308 e. The molecule has 108 valence electrons. The number of anilines is 1. The van der Waals surface area contributed by atoms with E-state index < -0.39 is 5.97 Å². The number of thioether (sulfide) groups is 1. The van der Waals surface area contributed by atoms with Crippen molar-refractivity contribution in [3.8, 4) is 5.75 Å². The number of rotatable bonds is 5. The summed E-state index contributed by atoms with van der Waals surface area (Å²) in [5.74, 6) is 0.236. The third kappa shape index (κ3) is 5.31. The highest BCUT2D eigenvalue weighted by Gasteiger charge is 2.05. The van der Waals surface area contributed by atoms with Crippen LogP contribution in [0.2, 0.25) is 0 Å². The lowest BCUT2D eigenvalue weighted by Gasteiger charge is -2.07. The van der Waals surface area contributed by atoms with Crippen molar-refractivity contribution in [2.45, 2.75) is 11.8 Å². The van der Waals surface area contributed by atoms with Gasteiger partial charge in [-0.3, -0.25) is 9.59 Å². The van der Waals surface area contributed by atoms with E-state index in [0.29, 0.717) is 17.2 Å². The minimum absolute atomic E-state index is 0.108. The summed E-state index contributed by atoms with van der Waals surface area (Å²) in [6, 6.07) is 16.5. The zero-order valence-corrected chi connectivity index (χ0v) is 12.4. The summed E-state index contributed by atoms with van der Waals surface area (Å²) in [5.41, 5.74) is 0.604. The first-order chi connectivity index (χ1) is 10.1. The number of hydrogen-bond donors (Lipinski definition) is 1. The van der Waals surface area contributed by atoms with Crippen LogP contribution in [0, 0.1) is 0 Å². The molecule has 0 saturated heterocycles. The maximum atomic E-state index is 11.9. The Morgan fingerprint density at radius 1 is 1.10 bits per heavy atom. The summed E-state index contributed by atoms with van der Waals surface area (Å²) in [6.45, 7) is 1.34. The molecule has 5 heteroatoms. The largest absolute Gasteiger partial charge is 0.427 e. The van der Waals surface area contributed by atoms with Gasteiger partial charge in [0.05, 0.1) is 5.75 Å². The second kappa shape index (κ2) is 7.50. The molecular formula is C16H15NO3S. The minimum Gasteiger partial charge on any atom is -0.427 e. The van der Waals surface area contributed by atoms with Gasteiger partial charge in [0.15, 0.2) is 0 Å². The van der Waals surface area contributed by atoms with Gasteiger partial charge in [0, 0.05) is 23.6 Å². The molecule has 0 bridgehead atoms. The Hall–Kier alpha value is -2.27. The predicted molar refractivity (Wildman–Crippen MR) is 83.5 cm³/mol. The van der Waals surface area contributed by atoms with Crippen LogP contribution in [0.1, 0.15) is 6.92 Å². The van der Waals surface area contributed by atoms with Gasteiger partial charge in [0.25, 0.3) is 0 Å². The Labute approximate surface area is 127 Å². The van der Waals surface area contributed by atoms with Gasteiger partial charge in [0.1, 0.15) is 5.75 Å². The summed E-state index contributed by atoms with van der Waals surface area (Å²) in [6.07, 6.45) is 0. The third-order valence-corrected chi connectivity index (χ3v) is 3.50. The lowest BCUT2D eigenvalue weighted by molar-refractivity contribution is -0.131. The van der Waals surface area contributed by atoms with Gasteiger partial charge >= 0.3 is 5.97 Å². The van der Waals surface area contributed by atoms with E-state index >= 15 is 0 Å². The lowest BCUT2D eigenvalue weighted by Crippen LogP contribution is -2.14. The predicted octanol–water partition coefficient (Wildman–Crippen LogP) is 3.34. The molecule has 0 heterocycles. The molecule has 21 heavy (non-hydrogen) atoms. The molecule has 0 radical (unpaired) electrons. The molecule has 0 aliphatic rings. The molecule has 0 fully saturated rings. The fourth-order valence-electron chi connectivity index (χ4n) is 1.67. The number of benzene rings is 2. The van der Waals surface area contributed by atoms with E-state index in [1.54, 1.807) is 24.3 Å². The summed E-state index contributed by atoms with van der Waals surface area (Å²) >= 11 is 1.47. The molecule has 0 atom stereocenters. The van der Waals surface area contributed by atoms with Crippen LogP contribution in [0.5, 0.6) is 5.75 Å². The van der Waals surface area contributed by atoms with Crippen molar-refractivity contribution in [1.82, 2.24) is 0 Å². The standard InChI is InChI=1S/C16H15NO3S/c1-12(18)20-14-7-5-6-13(10-14)17-16(19)11-21-15-8-3-2-4-9-15/h2-10H,11H2,1H3,(H,17,19). The normalized spacial score (nSPS) is 9.95. The Morgan fingerprint density at radius 2 is 1.86 bits per heavy atom. The Balaban J connectivity index is 1.89. The first-order valence-electron chi connectivity index (χ1n) is 6.39. The van der Waals surface area contributed by atoms with Crippen molar-refractivity contribution in [2.24, 2.45) is 0 Å². The van der Waals surface area contributed by atoms with Crippen molar-refractivity contribution in [3.05, 3.63) is 54.6 Å². The summed E-state index contributed by atoms with van der Waals surface area (Å²) in [5, 5.41) is 2.77. The quantitative estimate of drug-likeness (QED) is 0.523. The van der Waals surface area contributed by atoms with Crippen LogP contribution in [0.25, 0.3) is 0 Å². The second-order valence-corrected chi connectivity index (χ2v) is 5.32. The number of ether oxygens (including phenoxy) is 1. The Kier molecular flexibility index (Phi) is 5.40. The Bertz CT molecular complexity index is 628. The fraction of sp³-hybridized carbons (Fsp3) is 0.125. The van der Waals surface area contributed by atoms with Gasteiger partial charge in [0.2, 0.25) is 5.91 Å². The van der Waals surface area contributed by atoms with Crippen LogP contribution in [-0.4, -0.2) is 17.6 Å². The SMILES string of the molecule is CC(=O)Oc1cccc(NC(=O)CSc2ccccc2)c1. The summed E-state index contributed by atoms with van der Waals surface area (Å²) in [4.78, 5) is 23.8. The molecule has 2 rings (SSSR count). The van der Waals surface area contributed by atoms with E-state index in [2.05, 4.69) is 5.32 Å². The van der Waals surface area contributed by atoms with Crippen LogP contribution in [0.3, 0.4) is 0 Å². The van der Waals surface area contributed by atoms with Crippen LogP contribution in [0.15, 0.2) is 59.5 Å². The average molecular weight is 301 g/mol. The zero-order valence-electron chi connectivity index (χ0n) is 11.5. The van der Waals surface area contributed by atoms with Crippen molar-refractivity contribution >= 4 is 29.3 Å². The van der Waals surface area contributed by atoms with Crippen LogP contribution < -0.4 is 10.1 Å². The highest BCUT2D eigenvalue weighted by molar-refractivity contribution is 8.00. The lowest BCUT2D eigenvalue weighted by atomic mass is 10.3. The molecule has 0 aliphatic heterocycles. The molecular weight excluding hydrogens is 286 g/mol. The van der Waals surface area contributed by atoms with E-state index in [1.165, 1.54) is 18.7 Å². The topological polar surface area (TPSA) is 55.4 Å². The molecule has 0 spiro atoms. The maximum absolute atomic E-state index is 11.9. The smallest absolute Gasteiger partial charge is 0.308 e. The van der Waals surface area contributed by atoms with Gasteiger partial charge in [-0.05, 0) is 24.3 Å². The average Bonchev–Trinajstić information content (AvgIpc) is 2.46. The Morgan fingerprint density at radius 3 is 2.57 bits per heavy atom. The zero-order chi connectivity index (χ0) is 15.1. The first kappa shape index (κ1) is 15.1. The highest BCUT2D eigenvalue weighted by Crippen LogP contribution is 2.20. The fourth-order valence-corrected chi connectivity index (χ4v) is 2.39. The van der Waals surface area contributed by atoms with Gasteiger partial charge in [-0.2, -0.15) is 0 Å². The van der Waals surface area contributed by atoms with Crippen LogP contribution >= 0.6 is 11.8 Å². The molecule has 0 unspecified atom stereocenters. The first-order valence-corrected chi connectivity index (χ1v) is 7.38. The van der Waals surface area contributed by atoms with Crippen LogP contribution in [0.4, 0.5) is 5.69 Å². The van der Waals surface area contributed by atoms with E-state index in [4.69, 9.17) is 4.74 Å². The van der Waals surface area contributed by atoms with Gasteiger partial charge < -0.3 is 10.1 Å². The van der Waals surface area contributed by atoms with Crippen LogP contribution in [-0.2, 0) is 9.59 Å². The number of carbonyl (C=O) groups excluding carboxylic acids is 2. The van der Waals surface area contributed by atoms with E-state index in [9.17, 15) is 9.59 Å². The van der Waals surface area contributed by atoms with Crippen molar-refractivity contribution in [1.29, 1.82) is 0 Å². The van der Waals surface area contributed by atoms with Crippen molar-refractivity contribution in [2.75, 3.05) is 11.1 Å². The van der Waals surface area contributed by atoms with E-state index in [-0.39, 0.29) is 5.91 Å². The number of carbonyl (C=O) groups is 2. The highest BCUT2D eigenvalue weighted by atomic mass is 32.2. The number of esters is 1. The third-order valence-electron chi connectivity index (χ3n) is 2.49. The van der Waals surface area contributed by atoms with Gasteiger partial charge in [-0.1, -0.05) is 24.3 Å². The minimum atomic E-state index is -0.391. The van der Waals surface area contributed by atoms with Crippen molar-refractivity contribution in [3.63, 3.8) is 0 Å².